The SMILES string of the molecule is CCN(c1ccccc1)c1ccc(C)cc1/C(N)=N/O. The Hall–Kier alpha value is -2.49. The lowest BCUT2D eigenvalue weighted by Crippen LogP contribution is -2.22. The average Bonchev–Trinajstić information content (AvgIpc) is 2.49. The van der Waals surface area contributed by atoms with Crippen molar-refractivity contribution in [1.82, 2.24) is 0 Å². The Morgan fingerprint density at radius 1 is 1.20 bits per heavy atom. The van der Waals surface area contributed by atoms with E-state index in [0.29, 0.717) is 0 Å². The summed E-state index contributed by atoms with van der Waals surface area (Å²) in [7, 11) is 0. The Bertz CT molecular complexity index is 608. The van der Waals surface area contributed by atoms with E-state index < -0.39 is 0 Å². The maximum Gasteiger partial charge on any atom is 0.172 e. The van der Waals surface area contributed by atoms with Gasteiger partial charge in [-0.3, -0.25) is 0 Å². The molecule has 2 aromatic carbocycles. The molecular weight excluding hydrogens is 250 g/mol. The van der Waals surface area contributed by atoms with Crippen molar-refractivity contribution in [3.05, 3.63) is 59.7 Å². The van der Waals surface area contributed by atoms with Crippen LogP contribution in [0.15, 0.2) is 53.7 Å². The second-order valence-corrected chi connectivity index (χ2v) is 4.59. The number of anilines is 2. The zero-order valence-electron chi connectivity index (χ0n) is 11.7. The Morgan fingerprint density at radius 2 is 1.90 bits per heavy atom. The minimum Gasteiger partial charge on any atom is -0.409 e. The van der Waals surface area contributed by atoms with Gasteiger partial charge in [0.15, 0.2) is 5.84 Å². The predicted octanol–water partition coefficient (Wildman–Crippen LogP) is 3.25. The summed E-state index contributed by atoms with van der Waals surface area (Å²) in [4.78, 5) is 2.13. The molecule has 0 saturated heterocycles. The second-order valence-electron chi connectivity index (χ2n) is 4.59. The molecule has 0 aromatic heterocycles. The normalized spacial score (nSPS) is 11.4. The molecule has 0 aliphatic carbocycles. The highest BCUT2D eigenvalue weighted by atomic mass is 16.4. The van der Waals surface area contributed by atoms with Crippen LogP contribution in [-0.4, -0.2) is 17.6 Å². The van der Waals surface area contributed by atoms with Crippen LogP contribution in [0, 0.1) is 6.92 Å². The van der Waals surface area contributed by atoms with E-state index in [-0.39, 0.29) is 5.84 Å². The Labute approximate surface area is 119 Å². The van der Waals surface area contributed by atoms with Gasteiger partial charge in [0.25, 0.3) is 0 Å². The molecule has 20 heavy (non-hydrogen) atoms. The van der Waals surface area contributed by atoms with Crippen molar-refractivity contribution < 1.29 is 5.21 Å². The standard InChI is InChI=1S/C16H19N3O/c1-3-19(13-7-5-4-6-8-13)15-10-9-12(2)11-14(15)16(17)18-20/h4-11,20H,3H2,1-2H3,(H2,17,18). The molecule has 2 rings (SSSR count). The molecule has 104 valence electrons. The van der Waals surface area contributed by atoms with Gasteiger partial charge in [-0.05, 0) is 38.1 Å². The highest BCUT2D eigenvalue weighted by Gasteiger charge is 2.14. The topological polar surface area (TPSA) is 61.8 Å². The number of rotatable bonds is 4. The van der Waals surface area contributed by atoms with Gasteiger partial charge in [0.1, 0.15) is 0 Å². The monoisotopic (exact) mass is 269 g/mol. The first-order valence-corrected chi connectivity index (χ1v) is 6.58. The van der Waals surface area contributed by atoms with Crippen molar-refractivity contribution in [2.45, 2.75) is 13.8 Å². The summed E-state index contributed by atoms with van der Waals surface area (Å²) in [6, 6.07) is 16.0. The third-order valence-corrected chi connectivity index (χ3v) is 3.21. The molecule has 3 N–H and O–H groups in total. The minimum absolute atomic E-state index is 0.123. The molecule has 0 unspecified atom stereocenters. The molecule has 0 amide bonds. The van der Waals surface area contributed by atoms with E-state index in [9.17, 15) is 0 Å². The molecule has 0 heterocycles. The van der Waals surface area contributed by atoms with Crippen molar-refractivity contribution in [2.24, 2.45) is 10.9 Å². The minimum atomic E-state index is 0.123. The fourth-order valence-corrected chi connectivity index (χ4v) is 2.24. The third-order valence-electron chi connectivity index (χ3n) is 3.21. The van der Waals surface area contributed by atoms with E-state index in [2.05, 4.69) is 17.0 Å². The zero-order chi connectivity index (χ0) is 14.5. The van der Waals surface area contributed by atoms with Crippen LogP contribution < -0.4 is 10.6 Å². The molecule has 0 fully saturated rings. The highest BCUT2D eigenvalue weighted by molar-refractivity contribution is 6.03. The van der Waals surface area contributed by atoms with Crippen LogP contribution in [0.2, 0.25) is 0 Å². The van der Waals surface area contributed by atoms with Crippen LogP contribution in [0.5, 0.6) is 0 Å². The first-order chi connectivity index (χ1) is 9.67. The summed E-state index contributed by atoms with van der Waals surface area (Å²) in [6.45, 7) is 4.85. The number of oxime groups is 1. The van der Waals surface area contributed by atoms with E-state index in [1.54, 1.807) is 0 Å². The first-order valence-electron chi connectivity index (χ1n) is 6.58. The lowest BCUT2D eigenvalue weighted by molar-refractivity contribution is 0.318. The summed E-state index contributed by atoms with van der Waals surface area (Å²) >= 11 is 0. The quantitative estimate of drug-likeness (QED) is 0.387. The van der Waals surface area contributed by atoms with Crippen molar-refractivity contribution in [2.75, 3.05) is 11.4 Å². The molecule has 4 nitrogen and oxygen atoms in total. The van der Waals surface area contributed by atoms with Crippen molar-refractivity contribution in [1.29, 1.82) is 0 Å². The van der Waals surface area contributed by atoms with E-state index in [1.807, 2.05) is 55.5 Å². The van der Waals surface area contributed by atoms with E-state index in [4.69, 9.17) is 10.9 Å². The maximum atomic E-state index is 8.97. The lowest BCUT2D eigenvalue weighted by atomic mass is 10.1. The third kappa shape index (κ3) is 2.74. The molecule has 0 radical (unpaired) electrons. The zero-order valence-corrected chi connectivity index (χ0v) is 11.7. The Morgan fingerprint density at radius 3 is 2.50 bits per heavy atom. The molecule has 0 aliphatic heterocycles. The van der Waals surface area contributed by atoms with Crippen LogP contribution in [0.3, 0.4) is 0 Å². The Kier molecular flexibility index (Phi) is 4.25. The first kappa shape index (κ1) is 13.9. The molecule has 4 heteroatoms. The molecule has 0 spiro atoms. The molecular formula is C16H19N3O. The molecule has 0 saturated carbocycles. The summed E-state index contributed by atoms with van der Waals surface area (Å²) in [5.41, 5.74) is 9.62. The van der Waals surface area contributed by atoms with Gasteiger partial charge in [-0.2, -0.15) is 0 Å². The van der Waals surface area contributed by atoms with Crippen LogP contribution in [0.1, 0.15) is 18.1 Å². The molecule has 2 aromatic rings. The highest BCUT2D eigenvalue weighted by Crippen LogP contribution is 2.29. The summed E-state index contributed by atoms with van der Waals surface area (Å²) < 4.78 is 0. The van der Waals surface area contributed by atoms with Gasteiger partial charge in [-0.1, -0.05) is 35.0 Å². The molecule has 0 atom stereocenters. The van der Waals surface area contributed by atoms with Crippen molar-refractivity contribution >= 4 is 17.2 Å². The Balaban J connectivity index is 2.55. The van der Waals surface area contributed by atoms with Gasteiger partial charge >= 0.3 is 0 Å². The summed E-state index contributed by atoms with van der Waals surface area (Å²) in [6.07, 6.45) is 0. The average molecular weight is 269 g/mol. The smallest absolute Gasteiger partial charge is 0.172 e. The van der Waals surface area contributed by atoms with Gasteiger partial charge in [0.2, 0.25) is 0 Å². The van der Waals surface area contributed by atoms with E-state index in [0.717, 1.165) is 29.0 Å². The van der Waals surface area contributed by atoms with Crippen LogP contribution in [-0.2, 0) is 0 Å². The maximum absolute atomic E-state index is 8.97. The summed E-state index contributed by atoms with van der Waals surface area (Å²) in [5.74, 6) is 0.123. The van der Waals surface area contributed by atoms with Crippen LogP contribution >= 0.6 is 0 Å². The number of amidine groups is 1. The van der Waals surface area contributed by atoms with Gasteiger partial charge in [0.05, 0.1) is 5.69 Å². The number of aryl methyl sites for hydroxylation is 1. The number of hydrogen-bond donors (Lipinski definition) is 2. The van der Waals surface area contributed by atoms with Crippen molar-refractivity contribution in [3.8, 4) is 0 Å². The van der Waals surface area contributed by atoms with Crippen LogP contribution in [0.25, 0.3) is 0 Å². The second kappa shape index (κ2) is 6.10. The van der Waals surface area contributed by atoms with Gasteiger partial charge in [0, 0.05) is 17.8 Å². The molecule has 0 bridgehead atoms. The summed E-state index contributed by atoms with van der Waals surface area (Å²) in [5, 5.41) is 12.1. The molecule has 0 aliphatic rings. The van der Waals surface area contributed by atoms with Crippen molar-refractivity contribution in [3.63, 3.8) is 0 Å². The van der Waals surface area contributed by atoms with E-state index >= 15 is 0 Å². The van der Waals surface area contributed by atoms with Crippen LogP contribution in [0.4, 0.5) is 11.4 Å². The fraction of sp³-hybridized carbons (Fsp3) is 0.188. The number of nitrogens with zero attached hydrogens (tertiary/aromatic N) is 2. The van der Waals surface area contributed by atoms with Gasteiger partial charge in [-0.15, -0.1) is 0 Å². The predicted molar refractivity (Wildman–Crippen MR) is 82.8 cm³/mol. The largest absolute Gasteiger partial charge is 0.409 e. The van der Waals surface area contributed by atoms with Gasteiger partial charge in [-0.25, -0.2) is 0 Å². The van der Waals surface area contributed by atoms with Gasteiger partial charge < -0.3 is 15.8 Å². The number of para-hydroxylation sites is 1. The number of nitrogens with two attached hydrogens (primary N) is 1. The number of benzene rings is 2. The number of hydrogen-bond acceptors (Lipinski definition) is 3. The fourth-order valence-electron chi connectivity index (χ4n) is 2.24. The lowest BCUT2D eigenvalue weighted by Gasteiger charge is -2.25. The van der Waals surface area contributed by atoms with E-state index in [1.165, 1.54) is 0 Å².